The van der Waals surface area contributed by atoms with Crippen LogP contribution in [0, 0.1) is 0 Å². The highest BCUT2D eigenvalue weighted by Crippen LogP contribution is 2.24. The predicted octanol–water partition coefficient (Wildman–Crippen LogP) is 2.27. The predicted molar refractivity (Wildman–Crippen MR) is 76.9 cm³/mol. The highest BCUT2D eigenvalue weighted by atomic mass is 35.5. The number of nitrogens with one attached hydrogen (secondary N) is 1. The van der Waals surface area contributed by atoms with Crippen molar-refractivity contribution in [1.82, 2.24) is 24.5 Å². The highest BCUT2D eigenvalue weighted by Gasteiger charge is 2.07. The zero-order valence-corrected chi connectivity index (χ0v) is 11.6. The largest absolute Gasteiger partial charge is 0.378 e. The van der Waals surface area contributed by atoms with Crippen LogP contribution in [0.5, 0.6) is 0 Å². The van der Waals surface area contributed by atoms with Gasteiger partial charge in [0.15, 0.2) is 0 Å². The highest BCUT2D eigenvalue weighted by molar-refractivity contribution is 6.31. The van der Waals surface area contributed by atoms with Crippen LogP contribution in [0.1, 0.15) is 5.69 Å². The first-order valence-corrected chi connectivity index (χ1v) is 6.47. The van der Waals surface area contributed by atoms with Crippen molar-refractivity contribution in [1.29, 1.82) is 0 Å². The fourth-order valence-corrected chi connectivity index (χ4v) is 2.11. The molecule has 6 nitrogen and oxygen atoms in total. The molecule has 102 valence electrons. The summed E-state index contributed by atoms with van der Waals surface area (Å²) in [5.74, 6) is 0. The number of hydrogen-bond donors (Lipinski definition) is 1. The van der Waals surface area contributed by atoms with Crippen LogP contribution in [-0.2, 0) is 13.6 Å². The molecule has 3 aromatic rings. The SMILES string of the molecule is Cn1nccc1CNc1cc(Cl)ccc1-n1cncn1. The molecule has 0 aliphatic carbocycles. The van der Waals surface area contributed by atoms with Gasteiger partial charge in [-0.3, -0.25) is 4.68 Å². The summed E-state index contributed by atoms with van der Waals surface area (Å²) in [5, 5.41) is 12.3. The lowest BCUT2D eigenvalue weighted by Crippen LogP contribution is -2.08. The van der Waals surface area contributed by atoms with E-state index in [9.17, 15) is 0 Å². The van der Waals surface area contributed by atoms with Crippen LogP contribution in [-0.4, -0.2) is 24.5 Å². The van der Waals surface area contributed by atoms with Gasteiger partial charge in [-0.25, -0.2) is 9.67 Å². The average Bonchev–Trinajstić information content (AvgIpc) is 3.08. The van der Waals surface area contributed by atoms with Gasteiger partial charge in [-0.1, -0.05) is 11.6 Å². The summed E-state index contributed by atoms with van der Waals surface area (Å²) in [6.07, 6.45) is 4.92. The van der Waals surface area contributed by atoms with E-state index in [4.69, 9.17) is 11.6 Å². The molecule has 2 heterocycles. The van der Waals surface area contributed by atoms with Crippen molar-refractivity contribution in [2.45, 2.75) is 6.54 Å². The van der Waals surface area contributed by atoms with Crippen LogP contribution in [0.2, 0.25) is 5.02 Å². The number of hydrogen-bond acceptors (Lipinski definition) is 4. The summed E-state index contributed by atoms with van der Waals surface area (Å²) in [7, 11) is 1.91. The standard InChI is InChI=1S/C13H13ClN6/c1-19-11(4-5-17-19)7-16-12-6-10(14)2-3-13(12)20-9-15-8-18-20/h2-6,8-9,16H,7H2,1H3. The number of aromatic nitrogens is 5. The molecule has 0 aliphatic rings. The van der Waals surface area contributed by atoms with E-state index in [1.165, 1.54) is 6.33 Å². The van der Waals surface area contributed by atoms with E-state index in [1.807, 2.05) is 36.0 Å². The van der Waals surface area contributed by atoms with Crippen LogP contribution >= 0.6 is 11.6 Å². The van der Waals surface area contributed by atoms with E-state index in [0.29, 0.717) is 11.6 Å². The molecule has 1 N–H and O–H groups in total. The monoisotopic (exact) mass is 288 g/mol. The first kappa shape index (κ1) is 12.7. The lowest BCUT2D eigenvalue weighted by atomic mass is 10.2. The minimum absolute atomic E-state index is 0.651. The van der Waals surface area contributed by atoms with Gasteiger partial charge in [-0.2, -0.15) is 10.2 Å². The Morgan fingerprint density at radius 3 is 2.85 bits per heavy atom. The number of benzene rings is 1. The number of aryl methyl sites for hydroxylation is 1. The smallest absolute Gasteiger partial charge is 0.138 e. The van der Waals surface area contributed by atoms with Gasteiger partial charge in [-0.05, 0) is 24.3 Å². The maximum atomic E-state index is 6.07. The van der Waals surface area contributed by atoms with Gasteiger partial charge in [0, 0.05) is 18.3 Å². The topological polar surface area (TPSA) is 60.6 Å². The zero-order valence-electron chi connectivity index (χ0n) is 10.9. The second kappa shape index (κ2) is 5.34. The first-order valence-electron chi connectivity index (χ1n) is 6.09. The first-order chi connectivity index (χ1) is 9.74. The second-order valence-electron chi connectivity index (χ2n) is 4.30. The van der Waals surface area contributed by atoms with E-state index in [0.717, 1.165) is 17.1 Å². The maximum absolute atomic E-state index is 6.07. The van der Waals surface area contributed by atoms with Gasteiger partial charge in [-0.15, -0.1) is 0 Å². The maximum Gasteiger partial charge on any atom is 0.138 e. The molecule has 0 aliphatic heterocycles. The van der Waals surface area contributed by atoms with Gasteiger partial charge in [0.05, 0.1) is 23.6 Å². The second-order valence-corrected chi connectivity index (χ2v) is 4.74. The lowest BCUT2D eigenvalue weighted by Gasteiger charge is -2.12. The lowest BCUT2D eigenvalue weighted by molar-refractivity contribution is 0.720. The third-order valence-electron chi connectivity index (χ3n) is 3.01. The minimum Gasteiger partial charge on any atom is -0.378 e. The van der Waals surface area contributed by atoms with Gasteiger partial charge in [0.1, 0.15) is 12.7 Å². The van der Waals surface area contributed by atoms with Crippen LogP contribution in [0.3, 0.4) is 0 Å². The fourth-order valence-electron chi connectivity index (χ4n) is 1.94. The molecule has 0 spiro atoms. The number of halogens is 1. The molecule has 0 atom stereocenters. The van der Waals surface area contributed by atoms with Crippen molar-refractivity contribution in [2.75, 3.05) is 5.32 Å². The molecule has 0 amide bonds. The normalized spacial score (nSPS) is 10.7. The molecule has 1 aromatic carbocycles. The quantitative estimate of drug-likeness (QED) is 0.800. The van der Waals surface area contributed by atoms with Gasteiger partial charge < -0.3 is 5.32 Å². The van der Waals surface area contributed by atoms with Crippen molar-refractivity contribution in [3.8, 4) is 5.69 Å². The molecule has 0 saturated carbocycles. The molecule has 7 heteroatoms. The minimum atomic E-state index is 0.651. The van der Waals surface area contributed by atoms with E-state index in [1.54, 1.807) is 17.2 Å². The van der Waals surface area contributed by atoms with Crippen molar-refractivity contribution in [2.24, 2.45) is 7.05 Å². The van der Waals surface area contributed by atoms with Crippen LogP contribution in [0.4, 0.5) is 5.69 Å². The van der Waals surface area contributed by atoms with Crippen LogP contribution in [0.25, 0.3) is 5.69 Å². The number of nitrogens with zero attached hydrogens (tertiary/aromatic N) is 5. The van der Waals surface area contributed by atoms with Crippen molar-refractivity contribution >= 4 is 17.3 Å². The fraction of sp³-hybridized carbons (Fsp3) is 0.154. The molecule has 0 unspecified atom stereocenters. The van der Waals surface area contributed by atoms with Gasteiger partial charge >= 0.3 is 0 Å². The zero-order chi connectivity index (χ0) is 13.9. The molecule has 3 rings (SSSR count). The van der Waals surface area contributed by atoms with Gasteiger partial charge in [0.2, 0.25) is 0 Å². The molecular formula is C13H13ClN6. The third kappa shape index (κ3) is 2.50. The van der Waals surface area contributed by atoms with Crippen molar-refractivity contribution in [3.63, 3.8) is 0 Å². The van der Waals surface area contributed by atoms with Gasteiger partial charge in [0.25, 0.3) is 0 Å². The third-order valence-corrected chi connectivity index (χ3v) is 3.24. The molecular weight excluding hydrogens is 276 g/mol. The van der Waals surface area contributed by atoms with Crippen molar-refractivity contribution < 1.29 is 0 Å². The Morgan fingerprint density at radius 2 is 2.15 bits per heavy atom. The molecule has 0 radical (unpaired) electrons. The Bertz CT molecular complexity index is 703. The molecule has 0 saturated heterocycles. The number of anilines is 1. The van der Waals surface area contributed by atoms with E-state index < -0.39 is 0 Å². The summed E-state index contributed by atoms with van der Waals surface area (Å²) in [6, 6.07) is 7.57. The average molecular weight is 289 g/mol. The molecule has 20 heavy (non-hydrogen) atoms. The summed E-state index contributed by atoms with van der Waals surface area (Å²) < 4.78 is 3.52. The van der Waals surface area contributed by atoms with E-state index in [-0.39, 0.29) is 0 Å². The molecule has 2 aromatic heterocycles. The molecule has 0 fully saturated rings. The Kier molecular flexibility index (Phi) is 3.39. The Labute approximate surface area is 121 Å². The summed E-state index contributed by atoms with van der Waals surface area (Å²) in [4.78, 5) is 3.96. The summed E-state index contributed by atoms with van der Waals surface area (Å²) in [5.41, 5.74) is 2.87. The summed E-state index contributed by atoms with van der Waals surface area (Å²) >= 11 is 6.07. The van der Waals surface area contributed by atoms with Crippen LogP contribution < -0.4 is 5.32 Å². The molecule has 0 bridgehead atoms. The van der Waals surface area contributed by atoms with Crippen LogP contribution in [0.15, 0.2) is 43.1 Å². The Hall–Kier alpha value is -2.34. The number of rotatable bonds is 4. The Morgan fingerprint density at radius 1 is 1.25 bits per heavy atom. The van der Waals surface area contributed by atoms with Crippen molar-refractivity contribution in [3.05, 3.63) is 53.8 Å². The van der Waals surface area contributed by atoms with E-state index >= 15 is 0 Å². The summed E-state index contributed by atoms with van der Waals surface area (Å²) in [6.45, 7) is 0.651. The Balaban J connectivity index is 1.88. The van der Waals surface area contributed by atoms with E-state index in [2.05, 4.69) is 20.5 Å².